The summed E-state index contributed by atoms with van der Waals surface area (Å²) in [6.07, 6.45) is 1.92. The van der Waals surface area contributed by atoms with Crippen LogP contribution in [0.2, 0.25) is 0 Å². The quantitative estimate of drug-likeness (QED) is 0.910. The summed E-state index contributed by atoms with van der Waals surface area (Å²) in [6.45, 7) is 3.74. The van der Waals surface area contributed by atoms with Crippen LogP contribution in [-0.4, -0.2) is 21.6 Å². The third-order valence-corrected chi connectivity index (χ3v) is 4.71. The van der Waals surface area contributed by atoms with Crippen LogP contribution < -0.4 is 10.6 Å². The van der Waals surface area contributed by atoms with Crippen molar-refractivity contribution < 1.29 is 9.59 Å². The first-order valence-electron chi connectivity index (χ1n) is 7.17. The van der Waals surface area contributed by atoms with Gasteiger partial charge in [-0.15, -0.1) is 11.3 Å². The van der Waals surface area contributed by atoms with Gasteiger partial charge in [-0.05, 0) is 38.3 Å². The first kappa shape index (κ1) is 14.8. The molecular weight excluding hydrogens is 300 g/mol. The Morgan fingerprint density at radius 2 is 2.00 bits per heavy atom. The lowest BCUT2D eigenvalue weighted by atomic mass is 10.2. The summed E-state index contributed by atoms with van der Waals surface area (Å²) in [5.41, 5.74) is 1.70. The Morgan fingerprint density at radius 1 is 1.27 bits per heavy atom. The van der Waals surface area contributed by atoms with Crippen LogP contribution in [-0.2, 0) is 11.8 Å². The Kier molecular flexibility index (Phi) is 3.74. The molecule has 1 fully saturated rings. The fourth-order valence-electron chi connectivity index (χ4n) is 2.24. The number of rotatable bonds is 4. The lowest BCUT2D eigenvalue weighted by Gasteiger charge is -2.04. The van der Waals surface area contributed by atoms with Gasteiger partial charge >= 0.3 is 0 Å². The third-order valence-electron chi connectivity index (χ3n) is 3.56. The number of anilines is 2. The zero-order chi connectivity index (χ0) is 15.9. The second-order valence-electron chi connectivity index (χ2n) is 5.64. The minimum Gasteiger partial charge on any atom is -0.317 e. The molecule has 2 aromatic rings. The van der Waals surface area contributed by atoms with E-state index in [0.29, 0.717) is 10.7 Å². The summed E-state index contributed by atoms with van der Waals surface area (Å²) in [5.74, 6) is 0.670. The average Bonchev–Trinajstić information content (AvgIpc) is 3.16. The summed E-state index contributed by atoms with van der Waals surface area (Å²) in [7, 11) is 1.78. The van der Waals surface area contributed by atoms with Crippen molar-refractivity contribution >= 4 is 34.0 Å². The molecule has 7 heteroatoms. The van der Waals surface area contributed by atoms with Crippen molar-refractivity contribution in [3.8, 4) is 0 Å². The van der Waals surface area contributed by atoms with Crippen LogP contribution in [0.4, 0.5) is 10.8 Å². The van der Waals surface area contributed by atoms with Crippen LogP contribution in [0.15, 0.2) is 12.1 Å². The number of hydrogen-bond donors (Lipinski definition) is 2. The number of aryl methyl sites for hydroxylation is 3. The van der Waals surface area contributed by atoms with Crippen LogP contribution in [0.3, 0.4) is 0 Å². The van der Waals surface area contributed by atoms with Gasteiger partial charge in [0.15, 0.2) is 0 Å². The second-order valence-corrected chi connectivity index (χ2v) is 6.69. The molecule has 1 saturated carbocycles. The van der Waals surface area contributed by atoms with Crippen molar-refractivity contribution in [1.82, 2.24) is 9.78 Å². The maximum absolute atomic E-state index is 12.4. The molecule has 1 aliphatic carbocycles. The molecule has 22 heavy (non-hydrogen) atoms. The first-order chi connectivity index (χ1) is 10.4. The monoisotopic (exact) mass is 318 g/mol. The number of hydrogen-bond acceptors (Lipinski definition) is 4. The van der Waals surface area contributed by atoms with E-state index >= 15 is 0 Å². The number of carbonyl (C=O) groups excluding carboxylic acids is 2. The van der Waals surface area contributed by atoms with E-state index in [1.165, 1.54) is 11.3 Å². The smallest absolute Gasteiger partial charge is 0.267 e. The van der Waals surface area contributed by atoms with Gasteiger partial charge in [0.05, 0.1) is 15.6 Å². The van der Waals surface area contributed by atoms with E-state index in [4.69, 9.17) is 0 Å². The number of amides is 2. The Balaban J connectivity index is 1.73. The van der Waals surface area contributed by atoms with Gasteiger partial charge in [0.2, 0.25) is 5.91 Å². The zero-order valence-electron chi connectivity index (χ0n) is 12.8. The van der Waals surface area contributed by atoms with Crippen LogP contribution in [0.25, 0.3) is 0 Å². The number of aromatic nitrogens is 2. The van der Waals surface area contributed by atoms with Crippen LogP contribution in [0, 0.1) is 19.8 Å². The molecule has 0 saturated heterocycles. The lowest BCUT2D eigenvalue weighted by molar-refractivity contribution is -0.117. The molecule has 2 amide bonds. The maximum Gasteiger partial charge on any atom is 0.267 e. The largest absolute Gasteiger partial charge is 0.317 e. The lowest BCUT2D eigenvalue weighted by Crippen LogP contribution is -2.14. The van der Waals surface area contributed by atoms with Crippen molar-refractivity contribution in [2.45, 2.75) is 26.7 Å². The van der Waals surface area contributed by atoms with Crippen molar-refractivity contribution in [2.24, 2.45) is 13.0 Å². The van der Waals surface area contributed by atoms with Crippen LogP contribution >= 0.6 is 11.3 Å². The molecule has 0 unspecified atom stereocenters. The van der Waals surface area contributed by atoms with Gasteiger partial charge in [0.1, 0.15) is 5.82 Å². The minimum absolute atomic E-state index is 0.0514. The molecule has 0 bridgehead atoms. The molecule has 6 nitrogen and oxygen atoms in total. The van der Waals surface area contributed by atoms with Gasteiger partial charge < -0.3 is 10.6 Å². The SMILES string of the molecule is Cc1cc(NC(=O)c2sc(NC(=O)C3CC3)cc2C)n(C)n1. The predicted octanol–water partition coefficient (Wildman–Crippen LogP) is 2.70. The number of carbonyl (C=O) groups is 2. The fraction of sp³-hybridized carbons (Fsp3) is 0.400. The van der Waals surface area contributed by atoms with Gasteiger partial charge in [-0.1, -0.05) is 0 Å². The molecule has 116 valence electrons. The van der Waals surface area contributed by atoms with E-state index in [0.717, 1.165) is 29.1 Å². The van der Waals surface area contributed by atoms with E-state index < -0.39 is 0 Å². The molecule has 2 heterocycles. The highest BCUT2D eigenvalue weighted by molar-refractivity contribution is 7.18. The van der Waals surface area contributed by atoms with Crippen molar-refractivity contribution in [3.63, 3.8) is 0 Å². The highest BCUT2D eigenvalue weighted by atomic mass is 32.1. The molecule has 0 atom stereocenters. The maximum atomic E-state index is 12.4. The van der Waals surface area contributed by atoms with Gasteiger partial charge in [0.25, 0.3) is 5.91 Å². The topological polar surface area (TPSA) is 76.0 Å². The van der Waals surface area contributed by atoms with Gasteiger partial charge in [-0.25, -0.2) is 0 Å². The van der Waals surface area contributed by atoms with Crippen molar-refractivity contribution in [1.29, 1.82) is 0 Å². The molecule has 1 aliphatic rings. The molecule has 3 rings (SSSR count). The van der Waals surface area contributed by atoms with Gasteiger partial charge in [-0.2, -0.15) is 5.10 Å². The van der Waals surface area contributed by atoms with E-state index in [1.807, 2.05) is 26.0 Å². The molecule has 2 N–H and O–H groups in total. The summed E-state index contributed by atoms with van der Waals surface area (Å²) in [6, 6.07) is 3.66. The van der Waals surface area contributed by atoms with Gasteiger partial charge in [0, 0.05) is 19.0 Å². The molecule has 0 radical (unpaired) electrons. The Bertz CT molecular complexity index is 743. The number of nitrogens with one attached hydrogen (secondary N) is 2. The van der Waals surface area contributed by atoms with E-state index in [9.17, 15) is 9.59 Å². The normalized spacial score (nSPS) is 14.0. The molecule has 0 aromatic carbocycles. The van der Waals surface area contributed by atoms with E-state index in [2.05, 4.69) is 15.7 Å². The highest BCUT2D eigenvalue weighted by Crippen LogP contribution is 2.33. The van der Waals surface area contributed by atoms with Crippen molar-refractivity contribution in [2.75, 3.05) is 10.6 Å². The Hall–Kier alpha value is -2.15. The van der Waals surface area contributed by atoms with E-state index in [1.54, 1.807) is 11.7 Å². The van der Waals surface area contributed by atoms with Crippen molar-refractivity contribution in [3.05, 3.63) is 28.3 Å². The minimum atomic E-state index is -0.183. The first-order valence-corrected chi connectivity index (χ1v) is 7.99. The predicted molar refractivity (Wildman–Crippen MR) is 86.3 cm³/mol. The highest BCUT2D eigenvalue weighted by Gasteiger charge is 2.30. The zero-order valence-corrected chi connectivity index (χ0v) is 13.6. The number of nitrogens with zero attached hydrogens (tertiary/aromatic N) is 2. The molecule has 0 spiro atoms. The molecule has 2 aromatic heterocycles. The Morgan fingerprint density at radius 3 is 2.59 bits per heavy atom. The summed E-state index contributed by atoms with van der Waals surface area (Å²) >= 11 is 1.30. The molecule has 0 aliphatic heterocycles. The van der Waals surface area contributed by atoms with Gasteiger partial charge in [-0.3, -0.25) is 14.3 Å². The standard InChI is InChI=1S/C15H18N4O2S/c1-8-6-12(17-14(20)10-4-5-10)22-13(8)15(21)16-11-7-9(2)18-19(11)3/h6-7,10H,4-5H2,1-3H3,(H,16,21)(H,17,20). The molecular formula is C15H18N4O2S. The third kappa shape index (κ3) is 3.04. The second kappa shape index (κ2) is 5.57. The Labute approximate surface area is 132 Å². The van der Waals surface area contributed by atoms with Crippen LogP contribution in [0.5, 0.6) is 0 Å². The number of thiophene rings is 1. The summed E-state index contributed by atoms with van der Waals surface area (Å²) < 4.78 is 1.63. The fourth-order valence-corrected chi connectivity index (χ4v) is 3.21. The summed E-state index contributed by atoms with van der Waals surface area (Å²) in [4.78, 5) is 24.8. The van der Waals surface area contributed by atoms with Crippen LogP contribution in [0.1, 0.15) is 33.8 Å². The average molecular weight is 318 g/mol. The van der Waals surface area contributed by atoms with E-state index in [-0.39, 0.29) is 17.7 Å². The summed E-state index contributed by atoms with van der Waals surface area (Å²) in [5, 5.41) is 10.7.